The highest BCUT2D eigenvalue weighted by Gasteiger charge is 2.03. The largest absolute Gasteiger partial charge is 0.490 e. The predicted octanol–water partition coefficient (Wildman–Crippen LogP) is 11.3. The van der Waals surface area contributed by atoms with E-state index in [4.69, 9.17) is 4.74 Å². The van der Waals surface area contributed by atoms with Crippen molar-refractivity contribution in [3.05, 3.63) is 42.2 Å². The Morgan fingerprint density at radius 1 is 0.500 bits per heavy atom. The van der Waals surface area contributed by atoms with Gasteiger partial charge in [0.25, 0.3) is 0 Å². The lowest BCUT2D eigenvalue weighted by Gasteiger charge is -2.07. The van der Waals surface area contributed by atoms with Crippen molar-refractivity contribution in [3.63, 3.8) is 0 Å². The molecule has 0 unspecified atom stereocenters. The maximum Gasteiger partial charge on any atom is 0.159 e. The fourth-order valence-corrected chi connectivity index (χ4v) is 5.13. The zero-order chi connectivity index (χ0) is 26.9. The molecule has 38 heavy (non-hydrogen) atoms. The summed E-state index contributed by atoms with van der Waals surface area (Å²) in [6, 6.07) is 8.78. The summed E-state index contributed by atoms with van der Waals surface area (Å²) in [6.45, 7) is 5.33. The molecule has 0 N–H and O–H groups in total. The van der Waals surface area contributed by atoms with Crippen molar-refractivity contribution in [2.75, 3.05) is 6.61 Å². The van der Waals surface area contributed by atoms with Gasteiger partial charge in [0, 0.05) is 5.56 Å². The van der Waals surface area contributed by atoms with E-state index >= 15 is 0 Å². The lowest BCUT2D eigenvalue weighted by molar-refractivity contribution is 0.302. The number of aryl methyl sites for hydroxylation is 1. The lowest BCUT2D eigenvalue weighted by Crippen LogP contribution is -1.99. The van der Waals surface area contributed by atoms with E-state index in [0.717, 1.165) is 30.2 Å². The first kappa shape index (κ1) is 32.3. The van der Waals surface area contributed by atoms with E-state index < -0.39 is 0 Å². The highest BCUT2D eigenvalue weighted by Crippen LogP contribution is 2.19. The third-order valence-corrected chi connectivity index (χ3v) is 7.68. The van der Waals surface area contributed by atoms with Gasteiger partial charge < -0.3 is 4.74 Å². The second kappa shape index (κ2) is 23.0. The van der Waals surface area contributed by atoms with Gasteiger partial charge in [0.05, 0.1) is 19.0 Å². The summed E-state index contributed by atoms with van der Waals surface area (Å²) in [5.41, 5.74) is 2.49. The van der Waals surface area contributed by atoms with Crippen molar-refractivity contribution in [1.29, 1.82) is 0 Å². The van der Waals surface area contributed by atoms with E-state index in [1.165, 1.54) is 140 Å². The first-order chi connectivity index (χ1) is 18.8. The molecule has 1 heterocycles. The summed E-state index contributed by atoms with van der Waals surface area (Å²) in [5, 5.41) is 0. The van der Waals surface area contributed by atoms with Crippen LogP contribution in [0.1, 0.15) is 154 Å². The molecule has 0 aliphatic heterocycles. The van der Waals surface area contributed by atoms with Gasteiger partial charge in [0.1, 0.15) is 0 Å². The second-order valence-corrected chi connectivity index (χ2v) is 11.3. The molecule has 2 aromatic rings. The summed E-state index contributed by atoms with van der Waals surface area (Å²) >= 11 is 0. The zero-order valence-corrected chi connectivity index (χ0v) is 25.0. The summed E-state index contributed by atoms with van der Waals surface area (Å²) in [6.07, 6.45) is 33.5. The van der Waals surface area contributed by atoms with Gasteiger partial charge in [0.15, 0.2) is 11.6 Å². The van der Waals surface area contributed by atoms with Gasteiger partial charge in [-0.05, 0) is 24.8 Å². The first-order valence-electron chi connectivity index (χ1n) is 16.4. The van der Waals surface area contributed by atoms with E-state index in [0.29, 0.717) is 0 Å². The molecule has 0 aliphatic rings. The average molecular weight is 523 g/mol. The molecule has 0 radical (unpaired) electrons. The molecule has 214 valence electrons. The van der Waals surface area contributed by atoms with Gasteiger partial charge in [-0.15, -0.1) is 0 Å². The number of hydrogen-bond acceptors (Lipinski definition) is 3. The number of unbranched alkanes of at least 4 members (excludes halogenated alkanes) is 19. The molecule has 0 saturated carbocycles. The van der Waals surface area contributed by atoms with Crippen LogP contribution in [0.4, 0.5) is 0 Å². The Balaban J connectivity index is 1.48. The van der Waals surface area contributed by atoms with Crippen LogP contribution in [-0.4, -0.2) is 16.6 Å². The molecule has 3 nitrogen and oxygen atoms in total. The van der Waals surface area contributed by atoms with Crippen LogP contribution in [0.3, 0.4) is 0 Å². The third kappa shape index (κ3) is 16.1. The summed E-state index contributed by atoms with van der Waals surface area (Å²) in [7, 11) is 0. The molecule has 0 bridgehead atoms. The quantitative estimate of drug-likeness (QED) is 0.122. The molecule has 0 saturated heterocycles. The fourth-order valence-electron chi connectivity index (χ4n) is 5.13. The normalized spacial score (nSPS) is 11.2. The number of benzene rings is 1. The van der Waals surface area contributed by atoms with Gasteiger partial charge >= 0.3 is 0 Å². The highest BCUT2D eigenvalue weighted by atomic mass is 16.5. The Morgan fingerprint density at radius 2 is 0.921 bits per heavy atom. The average Bonchev–Trinajstić information content (AvgIpc) is 2.95. The highest BCUT2D eigenvalue weighted by molar-refractivity contribution is 5.55. The van der Waals surface area contributed by atoms with Gasteiger partial charge in [0.2, 0.25) is 0 Å². The Hall–Kier alpha value is -1.90. The minimum Gasteiger partial charge on any atom is -0.490 e. The van der Waals surface area contributed by atoms with Crippen LogP contribution in [0.15, 0.2) is 36.7 Å². The maximum absolute atomic E-state index is 5.88. The molecule has 1 aromatic heterocycles. The molecule has 0 atom stereocenters. The van der Waals surface area contributed by atoms with Gasteiger partial charge in [-0.3, -0.25) is 0 Å². The molecule has 0 fully saturated rings. The number of nitrogens with zero attached hydrogens (tertiary/aromatic N) is 2. The molecule has 0 aliphatic carbocycles. The van der Waals surface area contributed by atoms with Crippen molar-refractivity contribution >= 4 is 0 Å². The van der Waals surface area contributed by atoms with Crippen molar-refractivity contribution in [3.8, 4) is 17.1 Å². The van der Waals surface area contributed by atoms with Crippen molar-refractivity contribution in [2.45, 2.75) is 155 Å². The van der Waals surface area contributed by atoms with Crippen LogP contribution in [-0.2, 0) is 6.42 Å². The number of hydrogen-bond donors (Lipinski definition) is 0. The summed E-state index contributed by atoms with van der Waals surface area (Å²) in [5.74, 6) is 1.55. The van der Waals surface area contributed by atoms with Gasteiger partial charge in [-0.2, -0.15) is 0 Å². The summed E-state index contributed by atoms with van der Waals surface area (Å²) < 4.78 is 5.88. The lowest BCUT2D eigenvalue weighted by atomic mass is 10.0. The molecule has 1 aromatic carbocycles. The van der Waals surface area contributed by atoms with Gasteiger partial charge in [-0.1, -0.05) is 160 Å². The monoisotopic (exact) mass is 522 g/mol. The molecular weight excluding hydrogens is 464 g/mol. The summed E-state index contributed by atoms with van der Waals surface area (Å²) in [4.78, 5) is 9.09. The minimum atomic E-state index is 0.758. The van der Waals surface area contributed by atoms with Crippen molar-refractivity contribution < 1.29 is 4.74 Å². The Morgan fingerprint density at radius 3 is 1.39 bits per heavy atom. The molecule has 2 rings (SSSR count). The Labute approximate surface area is 235 Å². The number of rotatable bonds is 25. The van der Waals surface area contributed by atoms with Crippen LogP contribution >= 0.6 is 0 Å². The SMILES string of the molecule is CCCCCCCCCCCCCCCOc1cnc(-c2ccc(CCCCCCCCCC)cc2)nc1. The van der Waals surface area contributed by atoms with E-state index in [1.54, 1.807) is 0 Å². The zero-order valence-electron chi connectivity index (χ0n) is 25.0. The second-order valence-electron chi connectivity index (χ2n) is 11.3. The molecule has 0 amide bonds. The van der Waals surface area contributed by atoms with Crippen LogP contribution in [0.5, 0.6) is 5.75 Å². The molecular formula is C35H58N2O. The van der Waals surface area contributed by atoms with Gasteiger partial charge in [-0.25, -0.2) is 9.97 Å². The van der Waals surface area contributed by atoms with E-state index in [-0.39, 0.29) is 0 Å². The fraction of sp³-hybridized carbons (Fsp3) is 0.714. The third-order valence-electron chi connectivity index (χ3n) is 7.68. The Kier molecular flexibility index (Phi) is 19.6. The topological polar surface area (TPSA) is 35.0 Å². The smallest absolute Gasteiger partial charge is 0.159 e. The molecule has 0 spiro atoms. The maximum atomic E-state index is 5.88. The molecule has 3 heteroatoms. The number of aromatic nitrogens is 2. The standard InChI is InChI=1S/C35H58N2O/c1-3-5-7-9-11-13-14-15-16-17-19-21-23-29-38-34-30-36-35(37-31-34)33-27-25-32(26-28-33)24-22-20-18-12-10-8-6-4-2/h25-28,30-31H,3-24,29H2,1-2H3. The van der Waals surface area contributed by atoms with Crippen LogP contribution in [0, 0.1) is 0 Å². The van der Waals surface area contributed by atoms with E-state index in [9.17, 15) is 0 Å². The first-order valence-corrected chi connectivity index (χ1v) is 16.4. The predicted molar refractivity (Wildman–Crippen MR) is 165 cm³/mol. The van der Waals surface area contributed by atoms with E-state index in [1.807, 2.05) is 12.4 Å². The Bertz CT molecular complexity index is 772. The van der Waals surface area contributed by atoms with Crippen molar-refractivity contribution in [1.82, 2.24) is 9.97 Å². The van der Waals surface area contributed by atoms with Crippen LogP contribution in [0.25, 0.3) is 11.4 Å². The van der Waals surface area contributed by atoms with Crippen LogP contribution < -0.4 is 4.74 Å². The van der Waals surface area contributed by atoms with E-state index in [2.05, 4.69) is 48.1 Å². The van der Waals surface area contributed by atoms with Crippen LogP contribution in [0.2, 0.25) is 0 Å². The minimum absolute atomic E-state index is 0.758. The van der Waals surface area contributed by atoms with Crippen molar-refractivity contribution in [2.24, 2.45) is 0 Å². The number of ether oxygens (including phenoxy) is 1.